The molecule has 0 bridgehead atoms. The quantitative estimate of drug-likeness (QED) is 0.620. The Kier molecular flexibility index (Phi) is 7.17. The number of carbonyl (C=O) groups is 2. The van der Waals surface area contributed by atoms with Crippen molar-refractivity contribution in [3.63, 3.8) is 0 Å². The predicted molar refractivity (Wildman–Crippen MR) is 116 cm³/mol. The molecule has 0 radical (unpaired) electrons. The van der Waals surface area contributed by atoms with Crippen LogP contribution in [0.15, 0.2) is 84.9 Å². The molecule has 0 heterocycles. The maximum Gasteiger partial charge on any atom is 0.251 e. The molecule has 3 rings (SSSR count). The highest BCUT2D eigenvalue weighted by atomic mass is 16.2. The summed E-state index contributed by atoms with van der Waals surface area (Å²) >= 11 is 0. The fourth-order valence-corrected chi connectivity index (χ4v) is 3.22. The van der Waals surface area contributed by atoms with Crippen molar-refractivity contribution >= 4 is 11.8 Å². The molecule has 0 aliphatic rings. The van der Waals surface area contributed by atoms with Crippen molar-refractivity contribution in [3.8, 4) is 0 Å². The molecule has 4 heteroatoms. The molecule has 0 saturated carbocycles. The zero-order valence-electron chi connectivity index (χ0n) is 16.6. The van der Waals surface area contributed by atoms with E-state index in [4.69, 9.17) is 0 Å². The van der Waals surface area contributed by atoms with Gasteiger partial charge >= 0.3 is 0 Å². The van der Waals surface area contributed by atoms with Crippen LogP contribution in [0.3, 0.4) is 0 Å². The number of hydrogen-bond acceptors (Lipinski definition) is 2. The summed E-state index contributed by atoms with van der Waals surface area (Å²) in [6, 6.07) is 26.2. The van der Waals surface area contributed by atoms with Crippen LogP contribution in [0.2, 0.25) is 0 Å². The molecule has 29 heavy (non-hydrogen) atoms. The Labute approximate surface area is 172 Å². The van der Waals surface area contributed by atoms with Crippen LogP contribution in [0.4, 0.5) is 0 Å². The van der Waals surface area contributed by atoms with Crippen LogP contribution in [0.1, 0.15) is 27.0 Å². The van der Waals surface area contributed by atoms with Gasteiger partial charge in [0.05, 0.1) is 0 Å². The van der Waals surface area contributed by atoms with Gasteiger partial charge in [-0.15, -0.1) is 0 Å². The Morgan fingerprint density at radius 1 is 0.828 bits per heavy atom. The number of amides is 2. The van der Waals surface area contributed by atoms with E-state index in [1.165, 1.54) is 11.1 Å². The summed E-state index contributed by atoms with van der Waals surface area (Å²) < 4.78 is 0. The first kappa shape index (κ1) is 20.3. The van der Waals surface area contributed by atoms with Gasteiger partial charge in [-0.2, -0.15) is 0 Å². The van der Waals surface area contributed by atoms with Gasteiger partial charge in [-0.3, -0.25) is 9.59 Å². The zero-order chi connectivity index (χ0) is 20.5. The average molecular weight is 386 g/mol. The molecule has 0 saturated heterocycles. The first-order valence-corrected chi connectivity index (χ1v) is 9.85. The molecule has 0 aromatic heterocycles. The van der Waals surface area contributed by atoms with E-state index in [2.05, 4.69) is 29.7 Å². The van der Waals surface area contributed by atoms with Gasteiger partial charge in [0.15, 0.2) is 0 Å². The van der Waals surface area contributed by atoms with Crippen LogP contribution in [0.25, 0.3) is 0 Å². The standard InChI is InChI=1S/C25H26N2O2/c1-19-10-8-9-13-21(19)16-17-26-25(29)23(18-20-11-4-2-5-12-20)27-24(28)22-14-6-3-7-15-22/h2-15,23H,16-18H2,1H3,(H,26,29)(H,27,28). The molecular weight excluding hydrogens is 360 g/mol. The molecule has 3 aromatic carbocycles. The van der Waals surface area contributed by atoms with Crippen LogP contribution in [-0.4, -0.2) is 24.4 Å². The summed E-state index contributed by atoms with van der Waals surface area (Å²) in [4.78, 5) is 25.5. The van der Waals surface area contributed by atoms with Crippen LogP contribution in [-0.2, 0) is 17.6 Å². The molecule has 0 spiro atoms. The van der Waals surface area contributed by atoms with Gasteiger partial charge in [-0.05, 0) is 42.2 Å². The normalized spacial score (nSPS) is 11.5. The van der Waals surface area contributed by atoms with Crippen molar-refractivity contribution in [1.82, 2.24) is 10.6 Å². The van der Waals surface area contributed by atoms with Crippen molar-refractivity contribution in [1.29, 1.82) is 0 Å². The summed E-state index contributed by atoms with van der Waals surface area (Å²) in [7, 11) is 0. The van der Waals surface area contributed by atoms with Crippen molar-refractivity contribution in [3.05, 3.63) is 107 Å². The summed E-state index contributed by atoms with van der Waals surface area (Å²) in [5.41, 5.74) is 3.96. The second-order valence-corrected chi connectivity index (χ2v) is 7.05. The predicted octanol–water partition coefficient (Wildman–Crippen LogP) is 3.70. The summed E-state index contributed by atoms with van der Waals surface area (Å²) in [5, 5.41) is 5.87. The SMILES string of the molecule is Cc1ccccc1CCNC(=O)C(Cc1ccccc1)NC(=O)c1ccccc1. The minimum atomic E-state index is -0.637. The number of rotatable bonds is 8. The lowest BCUT2D eigenvalue weighted by atomic mass is 10.0. The van der Waals surface area contributed by atoms with Crippen molar-refractivity contribution in [2.45, 2.75) is 25.8 Å². The fourth-order valence-electron chi connectivity index (χ4n) is 3.22. The van der Waals surface area contributed by atoms with E-state index in [-0.39, 0.29) is 11.8 Å². The lowest BCUT2D eigenvalue weighted by Gasteiger charge is -2.19. The van der Waals surface area contributed by atoms with Gasteiger partial charge < -0.3 is 10.6 Å². The van der Waals surface area contributed by atoms with Crippen molar-refractivity contribution in [2.24, 2.45) is 0 Å². The lowest BCUT2D eigenvalue weighted by Crippen LogP contribution is -2.48. The first-order chi connectivity index (χ1) is 14.1. The molecule has 2 N–H and O–H groups in total. The molecule has 148 valence electrons. The second-order valence-electron chi connectivity index (χ2n) is 7.05. The number of aryl methyl sites for hydroxylation is 1. The third-order valence-corrected chi connectivity index (χ3v) is 4.90. The van der Waals surface area contributed by atoms with Crippen LogP contribution in [0.5, 0.6) is 0 Å². The van der Waals surface area contributed by atoms with Crippen molar-refractivity contribution < 1.29 is 9.59 Å². The smallest absolute Gasteiger partial charge is 0.251 e. The second kappa shape index (κ2) is 10.2. The van der Waals surface area contributed by atoms with E-state index in [1.54, 1.807) is 12.1 Å². The fraction of sp³-hybridized carbons (Fsp3) is 0.200. The van der Waals surface area contributed by atoms with Gasteiger partial charge in [0, 0.05) is 18.5 Å². The Balaban J connectivity index is 1.65. The van der Waals surface area contributed by atoms with E-state index < -0.39 is 6.04 Å². The van der Waals surface area contributed by atoms with Gasteiger partial charge in [0.2, 0.25) is 5.91 Å². The third-order valence-electron chi connectivity index (χ3n) is 4.90. The van der Waals surface area contributed by atoms with Crippen LogP contribution < -0.4 is 10.6 Å². The van der Waals surface area contributed by atoms with E-state index in [1.807, 2.05) is 60.7 Å². The molecule has 0 aliphatic carbocycles. The molecular formula is C25H26N2O2. The monoisotopic (exact) mass is 386 g/mol. The maximum atomic E-state index is 12.9. The van der Waals surface area contributed by atoms with Gasteiger partial charge in [-0.1, -0.05) is 72.8 Å². The molecule has 1 unspecified atom stereocenters. The van der Waals surface area contributed by atoms with Gasteiger partial charge in [0.1, 0.15) is 6.04 Å². The number of nitrogens with one attached hydrogen (secondary N) is 2. The topological polar surface area (TPSA) is 58.2 Å². The highest BCUT2D eigenvalue weighted by Gasteiger charge is 2.21. The van der Waals surface area contributed by atoms with E-state index in [9.17, 15) is 9.59 Å². The Morgan fingerprint density at radius 3 is 2.14 bits per heavy atom. The van der Waals surface area contributed by atoms with E-state index in [0.29, 0.717) is 18.5 Å². The number of hydrogen-bond donors (Lipinski definition) is 2. The Bertz CT molecular complexity index is 939. The maximum absolute atomic E-state index is 12.9. The minimum absolute atomic E-state index is 0.174. The zero-order valence-corrected chi connectivity index (χ0v) is 16.6. The summed E-state index contributed by atoms with van der Waals surface area (Å²) in [5.74, 6) is -0.424. The summed E-state index contributed by atoms with van der Waals surface area (Å²) in [6.07, 6.45) is 1.19. The number of benzene rings is 3. The van der Waals surface area contributed by atoms with Gasteiger partial charge in [-0.25, -0.2) is 0 Å². The minimum Gasteiger partial charge on any atom is -0.354 e. The largest absolute Gasteiger partial charge is 0.354 e. The van der Waals surface area contributed by atoms with Crippen LogP contribution >= 0.6 is 0 Å². The first-order valence-electron chi connectivity index (χ1n) is 9.85. The average Bonchev–Trinajstić information content (AvgIpc) is 2.76. The third kappa shape index (κ3) is 6.04. The van der Waals surface area contributed by atoms with E-state index in [0.717, 1.165) is 12.0 Å². The van der Waals surface area contributed by atoms with Crippen LogP contribution in [0, 0.1) is 6.92 Å². The lowest BCUT2D eigenvalue weighted by molar-refractivity contribution is -0.122. The molecule has 4 nitrogen and oxygen atoms in total. The molecule has 2 amide bonds. The molecule has 3 aromatic rings. The van der Waals surface area contributed by atoms with Gasteiger partial charge in [0.25, 0.3) is 5.91 Å². The van der Waals surface area contributed by atoms with Crippen molar-refractivity contribution in [2.75, 3.05) is 6.54 Å². The molecule has 0 aliphatic heterocycles. The summed E-state index contributed by atoms with van der Waals surface area (Å²) in [6.45, 7) is 2.59. The Hall–Kier alpha value is -3.40. The number of carbonyl (C=O) groups excluding carboxylic acids is 2. The van der Waals surface area contributed by atoms with E-state index >= 15 is 0 Å². The Morgan fingerprint density at radius 2 is 1.45 bits per heavy atom. The molecule has 1 atom stereocenters. The molecule has 0 fully saturated rings. The highest BCUT2D eigenvalue weighted by Crippen LogP contribution is 2.08. The highest BCUT2D eigenvalue weighted by molar-refractivity contribution is 5.97.